The summed E-state index contributed by atoms with van der Waals surface area (Å²) >= 11 is 0. The molecular weight excluding hydrogens is 296 g/mol. The van der Waals surface area contributed by atoms with E-state index in [9.17, 15) is 18.5 Å². The number of nitrogens with zero attached hydrogens (tertiary/aromatic N) is 2. The number of hydrogen-bond acceptors (Lipinski definition) is 6. The van der Waals surface area contributed by atoms with Crippen LogP contribution in [0.3, 0.4) is 0 Å². The van der Waals surface area contributed by atoms with Gasteiger partial charge in [0.2, 0.25) is 10.0 Å². The summed E-state index contributed by atoms with van der Waals surface area (Å²) in [6.45, 7) is 3.92. The monoisotopic (exact) mass is 316 g/mol. The van der Waals surface area contributed by atoms with Crippen molar-refractivity contribution in [3.63, 3.8) is 0 Å². The lowest BCUT2D eigenvalue weighted by molar-refractivity contribution is -0.384. The molecule has 1 aromatic carbocycles. The van der Waals surface area contributed by atoms with Gasteiger partial charge < -0.3 is 10.6 Å². The van der Waals surface area contributed by atoms with Crippen LogP contribution in [-0.4, -0.2) is 44.4 Å². The summed E-state index contributed by atoms with van der Waals surface area (Å²) in [6, 6.07) is 3.41. The van der Waals surface area contributed by atoms with E-state index in [1.54, 1.807) is 0 Å². The van der Waals surface area contributed by atoms with Crippen LogP contribution in [0.4, 0.5) is 11.4 Å². The number of nitro groups is 1. The van der Waals surface area contributed by atoms with Gasteiger partial charge in [-0.15, -0.1) is 0 Å². The molecular formula is C12H20N4O4S. The first-order valence-electron chi connectivity index (χ1n) is 6.18. The Hall–Kier alpha value is -1.71. The van der Waals surface area contributed by atoms with E-state index >= 15 is 0 Å². The zero-order valence-electron chi connectivity index (χ0n) is 12.5. The van der Waals surface area contributed by atoms with E-state index in [-0.39, 0.29) is 17.1 Å². The summed E-state index contributed by atoms with van der Waals surface area (Å²) in [5.74, 6) is 0. The number of nitrogens with one attached hydrogen (secondary N) is 1. The molecule has 0 aliphatic rings. The quantitative estimate of drug-likeness (QED) is 0.455. The number of sulfonamides is 1. The zero-order valence-corrected chi connectivity index (χ0v) is 13.3. The fourth-order valence-corrected chi connectivity index (χ4v) is 2.59. The Labute approximate surface area is 124 Å². The van der Waals surface area contributed by atoms with Gasteiger partial charge in [-0.05, 0) is 40.1 Å². The molecule has 8 nitrogen and oxygen atoms in total. The van der Waals surface area contributed by atoms with Crippen molar-refractivity contribution in [2.45, 2.75) is 24.3 Å². The number of nitrogen functional groups attached to an aromatic ring is 1. The standard InChI is InChI=1S/C12H20N4O4S/c1-12(2,15(3)4)8-14-21(19,20)9-5-6-10(13)11(7-9)16(17)18/h5-7,14H,8,13H2,1-4H3. The molecule has 0 aliphatic carbocycles. The summed E-state index contributed by atoms with van der Waals surface area (Å²) in [4.78, 5) is 11.8. The average molecular weight is 316 g/mol. The van der Waals surface area contributed by atoms with Gasteiger partial charge in [0.25, 0.3) is 5.69 Å². The minimum atomic E-state index is -3.84. The second-order valence-corrected chi connectivity index (χ2v) is 7.28. The van der Waals surface area contributed by atoms with Crippen LogP contribution >= 0.6 is 0 Å². The summed E-state index contributed by atoms with van der Waals surface area (Å²) in [6.07, 6.45) is 0. The Morgan fingerprint density at radius 2 is 1.95 bits per heavy atom. The Balaban J connectivity index is 3.04. The Morgan fingerprint density at radius 3 is 2.43 bits per heavy atom. The SMILES string of the molecule is CN(C)C(C)(C)CNS(=O)(=O)c1ccc(N)c([N+](=O)[O-])c1. The Bertz CT molecular complexity index is 641. The van der Waals surface area contributed by atoms with Crippen LogP contribution in [0.5, 0.6) is 0 Å². The van der Waals surface area contributed by atoms with E-state index in [1.807, 2.05) is 32.8 Å². The van der Waals surface area contributed by atoms with E-state index in [0.717, 1.165) is 6.07 Å². The van der Waals surface area contributed by atoms with Gasteiger partial charge in [0.05, 0.1) is 9.82 Å². The smallest absolute Gasteiger partial charge is 0.293 e. The van der Waals surface area contributed by atoms with E-state index in [0.29, 0.717) is 0 Å². The number of nitro benzene ring substituents is 1. The number of likely N-dealkylation sites (N-methyl/N-ethyl adjacent to an activating group) is 1. The highest BCUT2D eigenvalue weighted by Crippen LogP contribution is 2.24. The van der Waals surface area contributed by atoms with E-state index in [1.165, 1.54) is 12.1 Å². The van der Waals surface area contributed by atoms with Crippen molar-refractivity contribution >= 4 is 21.4 Å². The van der Waals surface area contributed by atoms with Crippen LogP contribution in [0.15, 0.2) is 23.1 Å². The summed E-state index contributed by atoms with van der Waals surface area (Å²) in [5.41, 5.74) is 4.55. The molecule has 0 atom stereocenters. The molecule has 0 spiro atoms. The first kappa shape index (κ1) is 17.3. The van der Waals surface area contributed by atoms with Gasteiger partial charge in [-0.25, -0.2) is 13.1 Å². The molecule has 0 unspecified atom stereocenters. The number of anilines is 1. The van der Waals surface area contributed by atoms with E-state index in [2.05, 4.69) is 4.72 Å². The maximum Gasteiger partial charge on any atom is 0.293 e. The largest absolute Gasteiger partial charge is 0.393 e. The first-order chi connectivity index (χ1) is 9.47. The van der Waals surface area contributed by atoms with Crippen molar-refractivity contribution in [1.82, 2.24) is 9.62 Å². The fraction of sp³-hybridized carbons (Fsp3) is 0.500. The van der Waals surface area contributed by atoms with Gasteiger partial charge in [-0.2, -0.15) is 0 Å². The topological polar surface area (TPSA) is 119 Å². The van der Waals surface area contributed by atoms with E-state index in [4.69, 9.17) is 5.73 Å². The minimum Gasteiger partial charge on any atom is -0.393 e. The lowest BCUT2D eigenvalue weighted by Gasteiger charge is -2.32. The van der Waals surface area contributed by atoms with Gasteiger partial charge >= 0.3 is 0 Å². The van der Waals surface area contributed by atoms with Crippen molar-refractivity contribution in [2.75, 3.05) is 26.4 Å². The van der Waals surface area contributed by atoms with Gasteiger partial charge in [0, 0.05) is 18.2 Å². The van der Waals surface area contributed by atoms with Crippen LogP contribution in [0.1, 0.15) is 13.8 Å². The van der Waals surface area contributed by atoms with Gasteiger partial charge in [0.15, 0.2) is 0 Å². The highest BCUT2D eigenvalue weighted by molar-refractivity contribution is 7.89. The van der Waals surface area contributed by atoms with Crippen molar-refractivity contribution in [3.05, 3.63) is 28.3 Å². The normalized spacial score (nSPS) is 12.6. The number of hydrogen-bond donors (Lipinski definition) is 2. The highest BCUT2D eigenvalue weighted by Gasteiger charge is 2.25. The third-order valence-corrected chi connectivity index (χ3v) is 4.81. The first-order valence-corrected chi connectivity index (χ1v) is 7.67. The molecule has 0 bridgehead atoms. The zero-order chi connectivity index (χ0) is 16.4. The fourth-order valence-electron chi connectivity index (χ4n) is 1.36. The minimum absolute atomic E-state index is 0.0763. The lowest BCUT2D eigenvalue weighted by atomic mass is 10.1. The predicted molar refractivity (Wildman–Crippen MR) is 80.5 cm³/mol. The molecule has 0 saturated carbocycles. The van der Waals surface area contributed by atoms with Crippen LogP contribution in [0, 0.1) is 10.1 Å². The molecule has 0 saturated heterocycles. The van der Waals surface area contributed by atoms with Crippen molar-refractivity contribution in [1.29, 1.82) is 0 Å². The molecule has 3 N–H and O–H groups in total. The molecule has 1 aromatic rings. The van der Waals surface area contributed by atoms with Crippen molar-refractivity contribution < 1.29 is 13.3 Å². The molecule has 118 valence electrons. The molecule has 0 aliphatic heterocycles. The van der Waals surface area contributed by atoms with Crippen LogP contribution in [-0.2, 0) is 10.0 Å². The summed E-state index contributed by atoms with van der Waals surface area (Å²) < 4.78 is 26.8. The number of nitrogens with two attached hydrogens (primary N) is 1. The second kappa shape index (κ2) is 5.96. The predicted octanol–water partition coefficient (Wildman–Crippen LogP) is 0.796. The second-order valence-electron chi connectivity index (χ2n) is 5.51. The molecule has 21 heavy (non-hydrogen) atoms. The van der Waals surface area contributed by atoms with Crippen molar-refractivity contribution in [3.8, 4) is 0 Å². The molecule has 0 heterocycles. The summed E-state index contributed by atoms with van der Waals surface area (Å²) in [7, 11) is -0.165. The lowest BCUT2D eigenvalue weighted by Crippen LogP contribution is -2.48. The van der Waals surface area contributed by atoms with Crippen LogP contribution < -0.4 is 10.5 Å². The van der Waals surface area contributed by atoms with Gasteiger partial charge in [-0.1, -0.05) is 0 Å². The molecule has 0 fully saturated rings. The van der Waals surface area contributed by atoms with Crippen molar-refractivity contribution in [2.24, 2.45) is 0 Å². The van der Waals surface area contributed by atoms with E-state index < -0.39 is 26.2 Å². The Kier molecular flexibility index (Phi) is 4.92. The third kappa shape index (κ3) is 4.13. The maximum absolute atomic E-state index is 12.2. The Morgan fingerprint density at radius 1 is 1.38 bits per heavy atom. The molecule has 0 aromatic heterocycles. The van der Waals surface area contributed by atoms with Crippen LogP contribution in [0.25, 0.3) is 0 Å². The third-order valence-electron chi connectivity index (χ3n) is 3.41. The average Bonchev–Trinajstić information content (AvgIpc) is 2.36. The number of rotatable bonds is 6. The number of benzene rings is 1. The molecule has 0 amide bonds. The molecule has 1 rings (SSSR count). The van der Waals surface area contributed by atoms with Crippen LogP contribution in [0.2, 0.25) is 0 Å². The van der Waals surface area contributed by atoms with Gasteiger partial charge in [0.1, 0.15) is 5.69 Å². The molecule has 9 heteroatoms. The maximum atomic E-state index is 12.2. The highest BCUT2D eigenvalue weighted by atomic mass is 32.2. The molecule has 0 radical (unpaired) electrons. The van der Waals surface area contributed by atoms with Gasteiger partial charge in [-0.3, -0.25) is 10.1 Å². The summed E-state index contributed by atoms with van der Waals surface area (Å²) in [5, 5.41) is 10.8.